The molecule has 4 rings (SSSR count). The van der Waals surface area contributed by atoms with E-state index >= 15 is 0 Å². The van der Waals surface area contributed by atoms with Crippen LogP contribution in [0.4, 0.5) is 0 Å². The van der Waals surface area contributed by atoms with Crippen molar-refractivity contribution in [3.05, 3.63) is 59.2 Å². The van der Waals surface area contributed by atoms with E-state index in [9.17, 15) is 0 Å². The van der Waals surface area contributed by atoms with Gasteiger partial charge in [-0.05, 0) is 29.7 Å². The highest BCUT2D eigenvalue weighted by atomic mass is 16.5. The third-order valence-corrected chi connectivity index (χ3v) is 5.87. The number of hydrogen-bond donors (Lipinski definition) is 2. The zero-order valence-electron chi connectivity index (χ0n) is 18.9. The molecule has 7 heteroatoms. The van der Waals surface area contributed by atoms with Gasteiger partial charge in [-0.1, -0.05) is 30.3 Å². The number of ether oxygens (including phenoxy) is 3. The number of rotatable bonds is 9. The van der Waals surface area contributed by atoms with Gasteiger partial charge in [0.15, 0.2) is 5.96 Å². The fourth-order valence-electron chi connectivity index (χ4n) is 4.02. The van der Waals surface area contributed by atoms with Crippen LogP contribution in [0.1, 0.15) is 16.7 Å². The number of benzene rings is 2. The third kappa shape index (κ3) is 6.37. The fraction of sp³-hybridized carbons (Fsp3) is 0.480. The molecule has 0 saturated carbocycles. The molecule has 0 bridgehead atoms. The van der Waals surface area contributed by atoms with Crippen molar-refractivity contribution in [3.8, 4) is 11.5 Å². The monoisotopic (exact) mass is 438 g/mol. The normalized spacial score (nSPS) is 16.3. The minimum atomic E-state index is 0.656. The molecular formula is C25H34N4O3. The molecular weight excluding hydrogens is 404 g/mol. The minimum Gasteiger partial charge on any atom is -0.493 e. The van der Waals surface area contributed by atoms with Crippen LogP contribution < -0.4 is 20.1 Å². The summed E-state index contributed by atoms with van der Waals surface area (Å²) in [6, 6.07) is 14.7. The van der Waals surface area contributed by atoms with Crippen LogP contribution in [0.15, 0.2) is 47.5 Å². The Balaban J connectivity index is 1.21. The SMILES string of the molecule is CN=C(NCCc1ccc2c(c1)CCO2)NCc1ccccc1OCCN1CCOCC1. The van der Waals surface area contributed by atoms with Gasteiger partial charge in [0.05, 0.1) is 19.8 Å². The van der Waals surface area contributed by atoms with E-state index in [1.54, 1.807) is 7.05 Å². The van der Waals surface area contributed by atoms with Crippen LogP contribution >= 0.6 is 0 Å². The maximum atomic E-state index is 6.09. The maximum absolute atomic E-state index is 6.09. The first kappa shape index (κ1) is 22.4. The quantitative estimate of drug-likeness (QED) is 0.462. The van der Waals surface area contributed by atoms with Crippen LogP contribution in [-0.4, -0.2) is 70.5 Å². The van der Waals surface area contributed by atoms with Crippen LogP contribution in [0.2, 0.25) is 0 Å². The lowest BCUT2D eigenvalue weighted by atomic mass is 10.1. The Hall–Kier alpha value is -2.77. The molecule has 2 aliphatic rings. The second-order valence-corrected chi connectivity index (χ2v) is 8.05. The van der Waals surface area contributed by atoms with Gasteiger partial charge in [-0.3, -0.25) is 9.89 Å². The minimum absolute atomic E-state index is 0.656. The van der Waals surface area contributed by atoms with E-state index in [2.05, 4.69) is 44.8 Å². The zero-order chi connectivity index (χ0) is 22.0. The number of hydrogen-bond acceptors (Lipinski definition) is 5. The molecule has 2 aliphatic heterocycles. The molecule has 7 nitrogen and oxygen atoms in total. The summed E-state index contributed by atoms with van der Waals surface area (Å²) in [5.74, 6) is 2.74. The molecule has 0 radical (unpaired) electrons. The van der Waals surface area contributed by atoms with E-state index < -0.39 is 0 Å². The Morgan fingerprint density at radius 2 is 1.97 bits per heavy atom. The molecule has 0 atom stereocenters. The van der Waals surface area contributed by atoms with Crippen molar-refractivity contribution in [3.63, 3.8) is 0 Å². The van der Waals surface area contributed by atoms with E-state index in [1.807, 2.05) is 18.2 Å². The topological polar surface area (TPSA) is 67.4 Å². The van der Waals surface area contributed by atoms with Crippen LogP contribution in [0.3, 0.4) is 0 Å². The third-order valence-electron chi connectivity index (χ3n) is 5.87. The lowest BCUT2D eigenvalue weighted by Crippen LogP contribution is -2.39. The van der Waals surface area contributed by atoms with E-state index in [0.717, 1.165) is 81.9 Å². The van der Waals surface area contributed by atoms with E-state index in [-0.39, 0.29) is 0 Å². The molecule has 0 aromatic heterocycles. The number of morpholine rings is 1. The number of fused-ring (bicyclic) bond motifs is 1. The molecule has 0 spiro atoms. The Morgan fingerprint density at radius 3 is 2.84 bits per heavy atom. The van der Waals surface area contributed by atoms with Crippen molar-refractivity contribution in [2.24, 2.45) is 4.99 Å². The van der Waals surface area contributed by atoms with Crippen molar-refractivity contribution in [2.45, 2.75) is 19.4 Å². The first-order chi connectivity index (χ1) is 15.8. The van der Waals surface area contributed by atoms with Crippen molar-refractivity contribution >= 4 is 5.96 Å². The molecule has 2 N–H and O–H groups in total. The molecule has 2 aromatic carbocycles. The highest BCUT2D eigenvalue weighted by Gasteiger charge is 2.12. The van der Waals surface area contributed by atoms with Gasteiger partial charge in [-0.25, -0.2) is 0 Å². The van der Waals surface area contributed by atoms with Crippen LogP contribution in [0.25, 0.3) is 0 Å². The fourth-order valence-corrected chi connectivity index (χ4v) is 4.02. The van der Waals surface area contributed by atoms with Gasteiger partial charge in [-0.2, -0.15) is 0 Å². The number of para-hydroxylation sites is 1. The Kier molecular flexibility index (Phi) is 8.23. The predicted octanol–water partition coefficient (Wildman–Crippen LogP) is 2.24. The van der Waals surface area contributed by atoms with Gasteiger partial charge in [-0.15, -0.1) is 0 Å². The van der Waals surface area contributed by atoms with E-state index in [1.165, 1.54) is 11.1 Å². The molecule has 0 amide bonds. The van der Waals surface area contributed by atoms with Crippen molar-refractivity contribution in [1.29, 1.82) is 0 Å². The maximum Gasteiger partial charge on any atom is 0.191 e. The first-order valence-electron chi connectivity index (χ1n) is 11.5. The van der Waals surface area contributed by atoms with Gasteiger partial charge in [0.25, 0.3) is 0 Å². The van der Waals surface area contributed by atoms with E-state index in [0.29, 0.717) is 13.2 Å². The number of aliphatic imine (C=N–C) groups is 1. The summed E-state index contributed by atoms with van der Waals surface area (Å²) < 4.78 is 17.1. The molecule has 0 aliphatic carbocycles. The van der Waals surface area contributed by atoms with Crippen LogP contribution in [0.5, 0.6) is 11.5 Å². The molecule has 172 valence electrons. The second-order valence-electron chi connectivity index (χ2n) is 8.05. The second kappa shape index (κ2) is 11.7. The molecule has 1 saturated heterocycles. The Bertz CT molecular complexity index is 897. The summed E-state index contributed by atoms with van der Waals surface area (Å²) >= 11 is 0. The molecule has 2 aromatic rings. The number of guanidine groups is 1. The van der Waals surface area contributed by atoms with E-state index in [4.69, 9.17) is 14.2 Å². The largest absolute Gasteiger partial charge is 0.493 e. The van der Waals surface area contributed by atoms with Crippen molar-refractivity contribution < 1.29 is 14.2 Å². The van der Waals surface area contributed by atoms with Crippen molar-refractivity contribution in [1.82, 2.24) is 15.5 Å². The van der Waals surface area contributed by atoms with Crippen LogP contribution in [-0.2, 0) is 24.1 Å². The van der Waals surface area contributed by atoms with Gasteiger partial charge in [0.2, 0.25) is 0 Å². The van der Waals surface area contributed by atoms with Gasteiger partial charge >= 0.3 is 0 Å². The summed E-state index contributed by atoms with van der Waals surface area (Å²) in [6.45, 7) is 7.45. The average molecular weight is 439 g/mol. The smallest absolute Gasteiger partial charge is 0.191 e. The molecule has 0 unspecified atom stereocenters. The first-order valence-corrected chi connectivity index (χ1v) is 11.5. The lowest BCUT2D eigenvalue weighted by Gasteiger charge is -2.26. The van der Waals surface area contributed by atoms with Crippen molar-refractivity contribution in [2.75, 3.05) is 59.7 Å². The molecule has 2 heterocycles. The van der Waals surface area contributed by atoms with Crippen LogP contribution in [0, 0.1) is 0 Å². The van der Waals surface area contributed by atoms with Gasteiger partial charge < -0.3 is 24.8 Å². The Labute approximate surface area is 190 Å². The summed E-state index contributed by atoms with van der Waals surface area (Å²) in [5.41, 5.74) is 3.75. The van der Waals surface area contributed by atoms with Gasteiger partial charge in [0, 0.05) is 51.8 Å². The lowest BCUT2D eigenvalue weighted by molar-refractivity contribution is 0.0322. The highest BCUT2D eigenvalue weighted by Crippen LogP contribution is 2.25. The number of nitrogens with one attached hydrogen (secondary N) is 2. The summed E-state index contributed by atoms with van der Waals surface area (Å²) in [7, 11) is 1.80. The predicted molar refractivity (Wildman–Crippen MR) is 127 cm³/mol. The standard InChI is InChI=1S/C25H34N4O3/c1-26-25(27-10-8-20-6-7-24-21(18-20)9-14-31-24)28-19-22-4-2-3-5-23(22)32-17-13-29-11-15-30-16-12-29/h2-7,18H,8-17,19H2,1H3,(H2,26,27,28). The summed E-state index contributed by atoms with van der Waals surface area (Å²) in [5, 5.41) is 6.82. The number of nitrogens with zero attached hydrogens (tertiary/aromatic N) is 2. The zero-order valence-corrected chi connectivity index (χ0v) is 18.9. The van der Waals surface area contributed by atoms with Gasteiger partial charge in [0.1, 0.15) is 18.1 Å². The Morgan fingerprint density at radius 1 is 1.09 bits per heavy atom. The average Bonchev–Trinajstić information content (AvgIpc) is 3.31. The summed E-state index contributed by atoms with van der Waals surface area (Å²) in [6.07, 6.45) is 1.95. The molecule has 1 fully saturated rings. The summed E-state index contributed by atoms with van der Waals surface area (Å²) in [4.78, 5) is 6.74. The highest BCUT2D eigenvalue weighted by molar-refractivity contribution is 5.79. The molecule has 32 heavy (non-hydrogen) atoms.